The van der Waals surface area contributed by atoms with E-state index < -0.39 is 11.0 Å². The molecule has 0 aliphatic heterocycles. The zero-order valence-corrected chi connectivity index (χ0v) is 6.28. The van der Waals surface area contributed by atoms with E-state index in [4.69, 9.17) is 5.41 Å². The number of nitrogens with one attached hydrogen (secondary N) is 1. The Balaban J connectivity index is 2.76. The van der Waals surface area contributed by atoms with Gasteiger partial charge in [0.05, 0.1) is 5.71 Å². The van der Waals surface area contributed by atoms with Gasteiger partial charge < -0.3 is 5.41 Å². The van der Waals surface area contributed by atoms with E-state index in [1.165, 1.54) is 6.08 Å². The minimum absolute atomic E-state index is 0.213. The largest absolute Gasteiger partial charge is 0.302 e. The third-order valence-corrected chi connectivity index (χ3v) is 1.75. The molecule has 0 heterocycles. The number of hydrogen-bond acceptors (Lipinski definition) is 3. The monoisotopic (exact) mass is 154 g/mol. The Morgan fingerprint density at radius 3 is 2.82 bits per heavy atom. The number of hydrogen-bond donors (Lipinski definition) is 1. The van der Waals surface area contributed by atoms with Gasteiger partial charge in [-0.1, -0.05) is 13.0 Å². The Hall–Kier alpha value is -1.19. The Kier molecular flexibility index (Phi) is 2.03. The minimum atomic E-state index is -0.869. The number of rotatable bonds is 1. The van der Waals surface area contributed by atoms with Crippen LogP contribution in [0.4, 0.5) is 0 Å². The predicted molar refractivity (Wildman–Crippen MR) is 41.4 cm³/mol. The van der Waals surface area contributed by atoms with E-state index in [1.54, 1.807) is 6.08 Å². The maximum Gasteiger partial charge on any atom is 0.268 e. The van der Waals surface area contributed by atoms with Crippen LogP contribution >= 0.6 is 0 Å². The first-order chi connectivity index (χ1) is 5.11. The van der Waals surface area contributed by atoms with Crippen molar-refractivity contribution in [1.82, 2.24) is 0 Å². The van der Waals surface area contributed by atoms with Crippen molar-refractivity contribution in [2.24, 2.45) is 5.92 Å². The Bertz CT molecular complexity index is 222. The summed E-state index contributed by atoms with van der Waals surface area (Å²) in [7, 11) is 0. The van der Waals surface area contributed by atoms with E-state index in [2.05, 4.69) is 0 Å². The number of allylic oxidation sites excluding steroid dienone is 1. The lowest BCUT2D eigenvalue weighted by atomic mass is 9.93. The molecule has 0 radical (unpaired) electrons. The second-order valence-corrected chi connectivity index (χ2v) is 2.82. The van der Waals surface area contributed by atoms with E-state index in [-0.39, 0.29) is 11.6 Å². The van der Waals surface area contributed by atoms with E-state index in [9.17, 15) is 10.1 Å². The van der Waals surface area contributed by atoms with Crippen LogP contribution in [0.15, 0.2) is 12.2 Å². The molecule has 0 saturated carbocycles. The highest BCUT2D eigenvalue weighted by Gasteiger charge is 2.26. The molecule has 0 aromatic heterocycles. The molecule has 0 aromatic rings. The highest BCUT2D eigenvalue weighted by molar-refractivity contribution is 5.88. The summed E-state index contributed by atoms with van der Waals surface area (Å²) in [5.74, 6) is 0.277. The fraction of sp³-hybridized carbons (Fsp3) is 0.571. The highest BCUT2D eigenvalue weighted by atomic mass is 16.6. The van der Waals surface area contributed by atoms with Gasteiger partial charge >= 0.3 is 0 Å². The minimum Gasteiger partial charge on any atom is -0.302 e. The summed E-state index contributed by atoms with van der Waals surface area (Å²) in [6.07, 6.45) is 3.81. The summed E-state index contributed by atoms with van der Waals surface area (Å²) >= 11 is 0. The molecule has 11 heavy (non-hydrogen) atoms. The first-order valence-electron chi connectivity index (χ1n) is 3.50. The molecule has 1 aliphatic rings. The van der Waals surface area contributed by atoms with Gasteiger partial charge in [-0.05, 0) is 18.4 Å². The van der Waals surface area contributed by atoms with Crippen molar-refractivity contribution in [1.29, 1.82) is 5.41 Å². The first kappa shape index (κ1) is 7.91. The third kappa shape index (κ3) is 1.63. The molecular weight excluding hydrogens is 144 g/mol. The smallest absolute Gasteiger partial charge is 0.268 e. The van der Waals surface area contributed by atoms with Gasteiger partial charge in [0, 0.05) is 4.92 Å². The van der Waals surface area contributed by atoms with Crippen LogP contribution in [0, 0.1) is 21.4 Å². The quantitative estimate of drug-likeness (QED) is 0.351. The standard InChI is InChI=1S/C7H10N2O2/c1-5-2-3-7(9(10)11)6(8)4-5/h2-3,5,7-8H,4H2,1H3. The fourth-order valence-electron chi connectivity index (χ4n) is 1.14. The molecule has 0 amide bonds. The summed E-state index contributed by atoms with van der Waals surface area (Å²) in [6, 6.07) is -0.869. The normalized spacial score (nSPS) is 30.5. The SMILES string of the molecule is CC1C=CC([N+](=O)[O-])C(=N)C1. The predicted octanol–water partition coefficient (Wildman–Crippen LogP) is 1.25. The fourth-order valence-corrected chi connectivity index (χ4v) is 1.14. The van der Waals surface area contributed by atoms with Gasteiger partial charge in [0.2, 0.25) is 0 Å². The van der Waals surface area contributed by atoms with Crippen molar-refractivity contribution in [3.63, 3.8) is 0 Å². The maximum atomic E-state index is 10.3. The Morgan fingerprint density at radius 2 is 2.36 bits per heavy atom. The lowest BCUT2D eigenvalue weighted by Crippen LogP contribution is -2.30. The lowest BCUT2D eigenvalue weighted by Gasteiger charge is -2.14. The molecule has 1 rings (SSSR count). The van der Waals surface area contributed by atoms with E-state index in [0.717, 1.165) is 0 Å². The summed E-state index contributed by atoms with van der Waals surface area (Å²) < 4.78 is 0. The first-order valence-corrected chi connectivity index (χ1v) is 3.50. The van der Waals surface area contributed by atoms with Gasteiger partial charge in [0.1, 0.15) is 0 Å². The van der Waals surface area contributed by atoms with E-state index in [1.807, 2.05) is 6.92 Å². The van der Waals surface area contributed by atoms with E-state index >= 15 is 0 Å². The summed E-state index contributed by atoms with van der Waals surface area (Å²) in [5, 5.41) is 17.6. The maximum absolute atomic E-state index is 10.3. The molecule has 1 aliphatic carbocycles. The van der Waals surface area contributed by atoms with Crippen molar-refractivity contribution in [2.45, 2.75) is 19.4 Å². The van der Waals surface area contributed by atoms with Crippen LogP contribution in [0.5, 0.6) is 0 Å². The Morgan fingerprint density at radius 1 is 1.73 bits per heavy atom. The van der Waals surface area contributed by atoms with Crippen molar-refractivity contribution >= 4 is 5.71 Å². The van der Waals surface area contributed by atoms with Gasteiger partial charge in [-0.3, -0.25) is 10.1 Å². The van der Waals surface area contributed by atoms with Gasteiger partial charge in [-0.2, -0.15) is 0 Å². The van der Waals surface area contributed by atoms with Crippen molar-refractivity contribution in [3.8, 4) is 0 Å². The lowest BCUT2D eigenvalue weighted by molar-refractivity contribution is -0.491. The molecule has 60 valence electrons. The molecule has 0 spiro atoms. The van der Waals surface area contributed by atoms with Gasteiger partial charge in [-0.25, -0.2) is 0 Å². The molecule has 4 nitrogen and oxygen atoms in total. The van der Waals surface area contributed by atoms with Crippen molar-refractivity contribution < 1.29 is 4.92 Å². The summed E-state index contributed by atoms with van der Waals surface area (Å²) in [5.41, 5.74) is 0.213. The molecule has 4 heteroatoms. The molecule has 1 N–H and O–H groups in total. The molecule has 2 unspecified atom stereocenters. The third-order valence-electron chi connectivity index (χ3n) is 1.75. The molecule has 2 atom stereocenters. The molecule has 0 bridgehead atoms. The molecule has 0 aromatic carbocycles. The second-order valence-electron chi connectivity index (χ2n) is 2.82. The summed E-state index contributed by atoms with van der Waals surface area (Å²) in [4.78, 5) is 9.86. The van der Waals surface area contributed by atoms with Crippen LogP contribution in [0.2, 0.25) is 0 Å². The van der Waals surface area contributed by atoms with Crippen LogP contribution in [0.1, 0.15) is 13.3 Å². The van der Waals surface area contributed by atoms with Crippen LogP contribution in [0.3, 0.4) is 0 Å². The zero-order chi connectivity index (χ0) is 8.43. The van der Waals surface area contributed by atoms with Crippen molar-refractivity contribution in [3.05, 3.63) is 22.3 Å². The van der Waals surface area contributed by atoms with Crippen LogP contribution < -0.4 is 0 Å². The highest BCUT2D eigenvalue weighted by Crippen LogP contribution is 2.15. The molecular formula is C7H10N2O2. The number of nitrogens with zero attached hydrogens (tertiary/aromatic N) is 1. The van der Waals surface area contributed by atoms with Gasteiger partial charge in [0.15, 0.2) is 0 Å². The van der Waals surface area contributed by atoms with Crippen molar-refractivity contribution in [2.75, 3.05) is 0 Å². The van der Waals surface area contributed by atoms with Crippen LogP contribution in [-0.4, -0.2) is 16.7 Å². The van der Waals surface area contributed by atoms with Gasteiger partial charge in [0.25, 0.3) is 6.04 Å². The molecule has 0 saturated heterocycles. The average Bonchev–Trinajstić information content (AvgIpc) is 1.85. The zero-order valence-electron chi connectivity index (χ0n) is 6.28. The average molecular weight is 154 g/mol. The Labute approximate surface area is 64.6 Å². The van der Waals surface area contributed by atoms with E-state index in [0.29, 0.717) is 6.42 Å². The molecule has 0 fully saturated rings. The topological polar surface area (TPSA) is 67.0 Å². The van der Waals surface area contributed by atoms with Gasteiger partial charge in [-0.15, -0.1) is 0 Å². The van der Waals surface area contributed by atoms with Crippen LogP contribution in [0.25, 0.3) is 0 Å². The number of nitro groups is 1. The second kappa shape index (κ2) is 2.82. The summed E-state index contributed by atoms with van der Waals surface area (Å²) in [6.45, 7) is 1.95. The van der Waals surface area contributed by atoms with Crippen LogP contribution in [-0.2, 0) is 0 Å².